The van der Waals surface area contributed by atoms with Crippen molar-refractivity contribution in [1.82, 2.24) is 4.90 Å². The lowest BCUT2D eigenvalue weighted by molar-refractivity contribution is -0.141. The van der Waals surface area contributed by atoms with E-state index in [4.69, 9.17) is 9.84 Å². The number of benzene rings is 2. The highest BCUT2D eigenvalue weighted by atomic mass is 16.5. The van der Waals surface area contributed by atoms with Gasteiger partial charge in [0.25, 0.3) is 0 Å². The van der Waals surface area contributed by atoms with Crippen molar-refractivity contribution < 1.29 is 14.6 Å². The van der Waals surface area contributed by atoms with E-state index in [-0.39, 0.29) is 5.92 Å². The van der Waals surface area contributed by atoms with Crippen LogP contribution in [0.5, 0.6) is 5.75 Å². The Kier molecular flexibility index (Phi) is 5.17. The van der Waals surface area contributed by atoms with Gasteiger partial charge >= 0.3 is 5.97 Å². The molecular weight excluding hydrogens is 266 g/mol. The summed E-state index contributed by atoms with van der Waals surface area (Å²) in [6, 6.07) is 14.2. The quantitative estimate of drug-likeness (QED) is 0.850. The summed E-state index contributed by atoms with van der Waals surface area (Å²) in [7, 11) is 1.91. The SMILES string of the molecule is CC(CN(C)CCOc1ccc2ccccc2c1)C(=O)O. The van der Waals surface area contributed by atoms with E-state index < -0.39 is 5.97 Å². The number of carbonyl (C=O) groups is 1. The number of nitrogens with zero attached hydrogens (tertiary/aromatic N) is 1. The topological polar surface area (TPSA) is 49.8 Å². The molecule has 0 fully saturated rings. The van der Waals surface area contributed by atoms with Crippen LogP contribution < -0.4 is 4.74 Å². The molecule has 112 valence electrons. The lowest BCUT2D eigenvalue weighted by atomic mass is 10.1. The fourth-order valence-electron chi connectivity index (χ4n) is 2.21. The number of carboxylic acids is 1. The Hall–Kier alpha value is -2.07. The lowest BCUT2D eigenvalue weighted by Crippen LogP contribution is -2.31. The highest BCUT2D eigenvalue weighted by Gasteiger charge is 2.13. The molecule has 0 amide bonds. The molecule has 21 heavy (non-hydrogen) atoms. The second kappa shape index (κ2) is 7.09. The Labute approximate surface area is 124 Å². The molecule has 0 aliphatic rings. The molecule has 2 rings (SSSR count). The van der Waals surface area contributed by atoms with E-state index in [1.165, 1.54) is 5.39 Å². The first-order valence-electron chi connectivity index (χ1n) is 7.09. The monoisotopic (exact) mass is 287 g/mol. The molecule has 0 heterocycles. The third kappa shape index (κ3) is 4.46. The Morgan fingerprint density at radius 1 is 1.24 bits per heavy atom. The zero-order valence-electron chi connectivity index (χ0n) is 12.5. The van der Waals surface area contributed by atoms with E-state index in [1.807, 2.05) is 42.3 Å². The Morgan fingerprint density at radius 2 is 1.95 bits per heavy atom. The summed E-state index contributed by atoms with van der Waals surface area (Å²) in [6.07, 6.45) is 0. The van der Waals surface area contributed by atoms with Gasteiger partial charge in [-0.05, 0) is 30.0 Å². The van der Waals surface area contributed by atoms with E-state index in [0.29, 0.717) is 19.7 Å². The van der Waals surface area contributed by atoms with Crippen LogP contribution in [0.3, 0.4) is 0 Å². The van der Waals surface area contributed by atoms with E-state index >= 15 is 0 Å². The number of hydrogen-bond acceptors (Lipinski definition) is 3. The van der Waals surface area contributed by atoms with Crippen LogP contribution in [0.15, 0.2) is 42.5 Å². The average molecular weight is 287 g/mol. The van der Waals surface area contributed by atoms with Crippen LogP contribution >= 0.6 is 0 Å². The van der Waals surface area contributed by atoms with Crippen LogP contribution in [0.25, 0.3) is 10.8 Å². The van der Waals surface area contributed by atoms with Crippen LogP contribution in [0.2, 0.25) is 0 Å². The largest absolute Gasteiger partial charge is 0.492 e. The van der Waals surface area contributed by atoms with Gasteiger partial charge in [-0.15, -0.1) is 0 Å². The molecule has 1 unspecified atom stereocenters. The van der Waals surface area contributed by atoms with Gasteiger partial charge in [0.2, 0.25) is 0 Å². The van der Waals surface area contributed by atoms with E-state index in [1.54, 1.807) is 6.92 Å². The Bertz CT molecular complexity index is 612. The van der Waals surface area contributed by atoms with Crippen LogP contribution in [0, 0.1) is 5.92 Å². The molecule has 0 bridgehead atoms. The second-order valence-electron chi connectivity index (χ2n) is 5.36. The number of hydrogen-bond donors (Lipinski definition) is 1. The molecule has 2 aromatic carbocycles. The van der Waals surface area contributed by atoms with Crippen molar-refractivity contribution in [2.75, 3.05) is 26.7 Å². The third-order valence-corrected chi connectivity index (χ3v) is 3.47. The maximum atomic E-state index is 10.8. The molecule has 1 N–H and O–H groups in total. The van der Waals surface area contributed by atoms with Crippen molar-refractivity contribution in [3.8, 4) is 5.75 Å². The summed E-state index contributed by atoms with van der Waals surface area (Å²) in [5.74, 6) is -0.290. The summed E-state index contributed by atoms with van der Waals surface area (Å²) in [5.41, 5.74) is 0. The first-order chi connectivity index (χ1) is 10.1. The van der Waals surface area contributed by atoms with Gasteiger partial charge in [0.1, 0.15) is 12.4 Å². The summed E-state index contributed by atoms with van der Waals surface area (Å²) in [4.78, 5) is 12.8. The van der Waals surface area contributed by atoms with Gasteiger partial charge in [-0.2, -0.15) is 0 Å². The van der Waals surface area contributed by atoms with E-state index in [2.05, 4.69) is 12.1 Å². The smallest absolute Gasteiger partial charge is 0.307 e. The molecule has 0 aliphatic carbocycles. The normalized spacial score (nSPS) is 12.5. The highest BCUT2D eigenvalue weighted by Crippen LogP contribution is 2.20. The molecule has 1 atom stereocenters. The molecule has 2 aromatic rings. The molecule has 4 nitrogen and oxygen atoms in total. The van der Waals surface area contributed by atoms with Crippen LogP contribution in [0.4, 0.5) is 0 Å². The summed E-state index contributed by atoms with van der Waals surface area (Å²) in [5, 5.41) is 11.2. The number of ether oxygens (including phenoxy) is 1. The van der Waals surface area contributed by atoms with Crippen molar-refractivity contribution >= 4 is 16.7 Å². The van der Waals surface area contributed by atoms with Gasteiger partial charge in [-0.1, -0.05) is 37.3 Å². The van der Waals surface area contributed by atoms with Crippen LogP contribution in [-0.4, -0.2) is 42.7 Å². The van der Waals surface area contributed by atoms with Crippen molar-refractivity contribution in [1.29, 1.82) is 0 Å². The molecule has 0 radical (unpaired) electrons. The molecule has 0 aromatic heterocycles. The van der Waals surface area contributed by atoms with Crippen molar-refractivity contribution in [2.45, 2.75) is 6.92 Å². The van der Waals surface area contributed by atoms with Gasteiger partial charge in [-0.3, -0.25) is 4.79 Å². The van der Waals surface area contributed by atoms with E-state index in [0.717, 1.165) is 11.1 Å². The van der Waals surface area contributed by atoms with Crippen molar-refractivity contribution in [3.05, 3.63) is 42.5 Å². The Balaban J connectivity index is 1.83. The van der Waals surface area contributed by atoms with Gasteiger partial charge < -0.3 is 14.7 Å². The van der Waals surface area contributed by atoms with Crippen molar-refractivity contribution in [2.24, 2.45) is 5.92 Å². The number of fused-ring (bicyclic) bond motifs is 1. The molecule has 0 spiro atoms. The fourth-order valence-corrected chi connectivity index (χ4v) is 2.21. The molecule has 0 saturated carbocycles. The standard InChI is InChI=1S/C17H21NO3/c1-13(17(19)20)12-18(2)9-10-21-16-8-7-14-5-3-4-6-15(14)11-16/h3-8,11,13H,9-10,12H2,1-2H3,(H,19,20). The number of aliphatic carboxylic acids is 1. The third-order valence-electron chi connectivity index (χ3n) is 3.47. The minimum absolute atomic E-state index is 0.365. The number of rotatable bonds is 7. The molecule has 4 heteroatoms. The predicted molar refractivity (Wildman–Crippen MR) is 83.7 cm³/mol. The second-order valence-corrected chi connectivity index (χ2v) is 5.36. The molecular formula is C17H21NO3. The minimum Gasteiger partial charge on any atom is -0.492 e. The maximum Gasteiger partial charge on any atom is 0.307 e. The first-order valence-corrected chi connectivity index (χ1v) is 7.09. The van der Waals surface area contributed by atoms with Crippen LogP contribution in [-0.2, 0) is 4.79 Å². The zero-order chi connectivity index (χ0) is 15.2. The first kappa shape index (κ1) is 15.3. The van der Waals surface area contributed by atoms with Gasteiger partial charge in [-0.25, -0.2) is 0 Å². The number of likely N-dealkylation sites (N-methyl/N-ethyl adjacent to an activating group) is 1. The minimum atomic E-state index is -0.766. The summed E-state index contributed by atoms with van der Waals surface area (Å²) >= 11 is 0. The highest BCUT2D eigenvalue weighted by molar-refractivity contribution is 5.83. The zero-order valence-corrected chi connectivity index (χ0v) is 12.5. The summed E-state index contributed by atoms with van der Waals surface area (Å²) in [6.45, 7) is 3.48. The predicted octanol–water partition coefficient (Wildman–Crippen LogP) is 2.87. The van der Waals surface area contributed by atoms with Gasteiger partial charge in [0, 0.05) is 13.1 Å². The fraction of sp³-hybridized carbons (Fsp3) is 0.353. The lowest BCUT2D eigenvalue weighted by Gasteiger charge is -2.19. The Morgan fingerprint density at radius 3 is 2.67 bits per heavy atom. The van der Waals surface area contributed by atoms with Gasteiger partial charge in [0.15, 0.2) is 0 Å². The van der Waals surface area contributed by atoms with Gasteiger partial charge in [0.05, 0.1) is 5.92 Å². The molecule has 0 saturated heterocycles. The van der Waals surface area contributed by atoms with Crippen LogP contribution in [0.1, 0.15) is 6.92 Å². The van der Waals surface area contributed by atoms with E-state index in [9.17, 15) is 4.79 Å². The molecule has 0 aliphatic heterocycles. The summed E-state index contributed by atoms with van der Waals surface area (Å²) < 4.78 is 5.74. The number of carboxylic acid groups (broad SMARTS) is 1. The average Bonchev–Trinajstić information content (AvgIpc) is 2.47. The van der Waals surface area contributed by atoms with Crippen molar-refractivity contribution in [3.63, 3.8) is 0 Å². The maximum absolute atomic E-state index is 10.8.